The molecule has 162 valence electrons. The van der Waals surface area contributed by atoms with Gasteiger partial charge in [-0.15, -0.1) is 11.3 Å². The molecule has 0 unspecified atom stereocenters. The second kappa shape index (κ2) is 9.48. The Hall–Kier alpha value is -3.28. The summed E-state index contributed by atoms with van der Waals surface area (Å²) in [5.41, 5.74) is 0.365. The van der Waals surface area contributed by atoms with E-state index in [0.29, 0.717) is 5.56 Å². The molecule has 11 nitrogen and oxygen atoms in total. The number of hydrogen-bond donors (Lipinski definition) is 1. The van der Waals surface area contributed by atoms with E-state index in [1.54, 1.807) is 27.7 Å². The van der Waals surface area contributed by atoms with Gasteiger partial charge in [-0.05, 0) is 40.2 Å². The highest BCUT2D eigenvalue weighted by atomic mass is 32.1. The SMILES string of the molecule is CCOC(=O)c1sc(NC(=O)Cn2cc([N+](=O)[O-])c(C)n2)c(C(=O)OC(C)C)c1C. The van der Waals surface area contributed by atoms with E-state index in [2.05, 4.69) is 10.4 Å². The van der Waals surface area contributed by atoms with Gasteiger partial charge in [-0.3, -0.25) is 19.6 Å². The van der Waals surface area contributed by atoms with Crippen molar-refractivity contribution in [1.29, 1.82) is 0 Å². The van der Waals surface area contributed by atoms with Gasteiger partial charge in [-0.2, -0.15) is 5.10 Å². The van der Waals surface area contributed by atoms with Crippen LogP contribution in [-0.4, -0.2) is 45.3 Å². The van der Waals surface area contributed by atoms with Crippen LogP contribution in [-0.2, 0) is 20.8 Å². The smallest absolute Gasteiger partial charge is 0.348 e. The Morgan fingerprint density at radius 1 is 1.30 bits per heavy atom. The molecule has 30 heavy (non-hydrogen) atoms. The minimum absolute atomic E-state index is 0.0627. The van der Waals surface area contributed by atoms with Crippen molar-refractivity contribution in [2.45, 2.75) is 47.3 Å². The second-order valence-electron chi connectivity index (χ2n) is 6.54. The summed E-state index contributed by atoms with van der Waals surface area (Å²) in [4.78, 5) is 47.7. The number of aryl methyl sites for hydroxylation is 1. The first-order valence-electron chi connectivity index (χ1n) is 9.04. The van der Waals surface area contributed by atoms with Gasteiger partial charge in [-0.25, -0.2) is 9.59 Å². The molecule has 0 aliphatic rings. The number of nitrogens with one attached hydrogen (secondary N) is 1. The van der Waals surface area contributed by atoms with Crippen molar-refractivity contribution in [2.24, 2.45) is 0 Å². The number of hydrogen-bond acceptors (Lipinski definition) is 9. The van der Waals surface area contributed by atoms with E-state index in [4.69, 9.17) is 9.47 Å². The Bertz CT molecular complexity index is 993. The molecular formula is C18H22N4O7S. The highest BCUT2D eigenvalue weighted by Crippen LogP contribution is 2.34. The van der Waals surface area contributed by atoms with Crippen LogP contribution in [0.5, 0.6) is 0 Å². The van der Waals surface area contributed by atoms with Gasteiger partial charge < -0.3 is 14.8 Å². The molecule has 12 heteroatoms. The largest absolute Gasteiger partial charge is 0.462 e. The van der Waals surface area contributed by atoms with Crippen molar-refractivity contribution in [3.05, 3.63) is 38.0 Å². The molecule has 2 rings (SSSR count). The molecule has 0 aliphatic heterocycles. The third kappa shape index (κ3) is 5.20. The molecule has 2 aromatic heterocycles. The van der Waals surface area contributed by atoms with Crippen molar-refractivity contribution in [1.82, 2.24) is 9.78 Å². The molecule has 1 amide bonds. The normalized spacial score (nSPS) is 10.7. The van der Waals surface area contributed by atoms with Crippen LogP contribution in [0.3, 0.4) is 0 Å². The van der Waals surface area contributed by atoms with Gasteiger partial charge in [0.1, 0.15) is 28.3 Å². The average molecular weight is 438 g/mol. The number of amides is 1. The van der Waals surface area contributed by atoms with E-state index in [1.807, 2.05) is 0 Å². The third-order valence-corrected chi connectivity index (χ3v) is 5.02. The Morgan fingerprint density at radius 3 is 2.50 bits per heavy atom. The molecule has 1 N–H and O–H groups in total. The van der Waals surface area contributed by atoms with Crippen LogP contribution in [0.15, 0.2) is 6.20 Å². The van der Waals surface area contributed by atoms with Gasteiger partial charge in [0.05, 0.1) is 23.2 Å². The summed E-state index contributed by atoms with van der Waals surface area (Å²) in [6, 6.07) is 0. The Labute approximate surface area is 176 Å². The van der Waals surface area contributed by atoms with Crippen LogP contribution in [0.1, 0.15) is 52.1 Å². The summed E-state index contributed by atoms with van der Waals surface area (Å²) in [6.45, 7) is 7.87. The monoisotopic (exact) mass is 438 g/mol. The number of carbonyl (C=O) groups is 3. The Balaban J connectivity index is 2.32. The van der Waals surface area contributed by atoms with Crippen LogP contribution in [0, 0.1) is 24.0 Å². The van der Waals surface area contributed by atoms with E-state index >= 15 is 0 Å². The van der Waals surface area contributed by atoms with Crippen molar-refractivity contribution in [3.8, 4) is 0 Å². The summed E-state index contributed by atoms with van der Waals surface area (Å²) in [6.07, 6.45) is 0.742. The maximum absolute atomic E-state index is 12.5. The summed E-state index contributed by atoms with van der Waals surface area (Å²) in [5.74, 6) is -1.88. The fourth-order valence-electron chi connectivity index (χ4n) is 2.59. The first-order valence-corrected chi connectivity index (χ1v) is 9.86. The number of nitro groups is 1. The predicted molar refractivity (Wildman–Crippen MR) is 108 cm³/mol. The molecule has 0 radical (unpaired) electrons. The Morgan fingerprint density at radius 2 is 1.97 bits per heavy atom. The maximum atomic E-state index is 12.5. The quantitative estimate of drug-likeness (QED) is 0.376. The van der Waals surface area contributed by atoms with Gasteiger partial charge in [0, 0.05) is 0 Å². The minimum Gasteiger partial charge on any atom is -0.462 e. The zero-order valence-electron chi connectivity index (χ0n) is 17.2. The fourth-order valence-corrected chi connectivity index (χ4v) is 3.70. The van der Waals surface area contributed by atoms with Crippen molar-refractivity contribution in [2.75, 3.05) is 11.9 Å². The fraction of sp³-hybridized carbons (Fsp3) is 0.444. The van der Waals surface area contributed by atoms with E-state index in [1.165, 1.54) is 6.92 Å². The van der Waals surface area contributed by atoms with Gasteiger partial charge in [0.15, 0.2) is 0 Å². The minimum atomic E-state index is -0.685. The van der Waals surface area contributed by atoms with Crippen molar-refractivity contribution < 1.29 is 28.8 Å². The predicted octanol–water partition coefficient (Wildman–Crippen LogP) is 2.85. The van der Waals surface area contributed by atoms with Crippen molar-refractivity contribution >= 4 is 39.9 Å². The molecule has 2 aromatic rings. The van der Waals surface area contributed by atoms with Crippen LogP contribution >= 0.6 is 11.3 Å². The lowest BCUT2D eigenvalue weighted by Gasteiger charge is -2.10. The second-order valence-corrected chi connectivity index (χ2v) is 7.56. The number of carbonyl (C=O) groups excluding carboxylic acids is 3. The maximum Gasteiger partial charge on any atom is 0.348 e. The topological polar surface area (TPSA) is 143 Å². The molecule has 0 aromatic carbocycles. The van der Waals surface area contributed by atoms with Gasteiger partial charge in [-0.1, -0.05) is 0 Å². The van der Waals surface area contributed by atoms with E-state index < -0.39 is 28.9 Å². The first kappa shape index (κ1) is 23.0. The molecule has 0 fully saturated rings. The Kier molecular flexibility index (Phi) is 7.27. The standard InChI is InChI=1S/C18H22N4O7S/c1-6-28-18(25)15-10(4)14(17(24)29-9(2)3)16(30-15)19-13(23)8-21-7-12(22(26)27)11(5)20-21/h7,9H,6,8H2,1-5H3,(H,19,23). The molecule has 0 saturated heterocycles. The molecule has 0 bridgehead atoms. The third-order valence-electron chi connectivity index (χ3n) is 3.83. The number of thiophene rings is 1. The number of ether oxygens (including phenoxy) is 2. The zero-order chi connectivity index (χ0) is 22.6. The summed E-state index contributed by atoms with van der Waals surface area (Å²) < 4.78 is 11.4. The number of rotatable bonds is 8. The molecule has 0 saturated carbocycles. The van der Waals surface area contributed by atoms with Crippen LogP contribution < -0.4 is 5.32 Å². The summed E-state index contributed by atoms with van der Waals surface area (Å²) in [5, 5.41) is 17.6. The van der Waals surface area contributed by atoms with E-state index in [-0.39, 0.29) is 40.0 Å². The number of esters is 2. The van der Waals surface area contributed by atoms with Crippen molar-refractivity contribution in [3.63, 3.8) is 0 Å². The lowest BCUT2D eigenvalue weighted by Crippen LogP contribution is -2.21. The summed E-state index contributed by atoms with van der Waals surface area (Å²) in [7, 11) is 0. The van der Waals surface area contributed by atoms with Crippen LogP contribution in [0.25, 0.3) is 0 Å². The van der Waals surface area contributed by atoms with Crippen LogP contribution in [0.4, 0.5) is 10.7 Å². The zero-order valence-corrected chi connectivity index (χ0v) is 18.0. The van der Waals surface area contributed by atoms with Gasteiger partial charge in [0.25, 0.3) is 0 Å². The number of nitrogens with zero attached hydrogens (tertiary/aromatic N) is 3. The first-order chi connectivity index (χ1) is 14.0. The molecular weight excluding hydrogens is 416 g/mol. The molecule has 0 atom stereocenters. The van der Waals surface area contributed by atoms with Crippen LogP contribution in [0.2, 0.25) is 0 Å². The number of anilines is 1. The lowest BCUT2D eigenvalue weighted by molar-refractivity contribution is -0.385. The van der Waals surface area contributed by atoms with E-state index in [9.17, 15) is 24.5 Å². The highest BCUT2D eigenvalue weighted by Gasteiger charge is 2.28. The average Bonchev–Trinajstić information content (AvgIpc) is 3.14. The van der Waals surface area contributed by atoms with Gasteiger partial charge >= 0.3 is 17.6 Å². The lowest BCUT2D eigenvalue weighted by atomic mass is 10.1. The van der Waals surface area contributed by atoms with E-state index in [0.717, 1.165) is 22.2 Å². The summed E-state index contributed by atoms with van der Waals surface area (Å²) >= 11 is 0.897. The number of aromatic nitrogens is 2. The molecule has 0 aliphatic carbocycles. The van der Waals surface area contributed by atoms with Gasteiger partial charge in [0.2, 0.25) is 5.91 Å². The molecule has 2 heterocycles. The highest BCUT2D eigenvalue weighted by molar-refractivity contribution is 7.18. The molecule has 0 spiro atoms.